The number of hydrogen-bond donors (Lipinski definition) is 0. The minimum atomic E-state index is 0.524. The molecule has 0 bridgehead atoms. The van der Waals surface area contributed by atoms with Gasteiger partial charge in [-0.2, -0.15) is 0 Å². The highest BCUT2D eigenvalue weighted by atomic mass is 15.1. The second kappa shape index (κ2) is 43.7. The number of rotatable bonds is 45. The predicted molar refractivity (Wildman–Crippen MR) is 241 cm³/mol. The molecule has 52 heavy (non-hydrogen) atoms. The van der Waals surface area contributed by atoms with Gasteiger partial charge in [-0.1, -0.05) is 279 Å². The van der Waals surface area contributed by atoms with Crippen molar-refractivity contribution in [2.45, 2.75) is 304 Å². The van der Waals surface area contributed by atoms with E-state index in [9.17, 15) is 0 Å². The molecular formula is C51H105N. The fraction of sp³-hybridized carbons (Fsp3) is 1.00. The highest BCUT2D eigenvalue weighted by Crippen LogP contribution is 2.23. The normalized spacial score (nSPS) is 12.1. The van der Waals surface area contributed by atoms with Crippen molar-refractivity contribution < 1.29 is 0 Å². The molecular weight excluding hydrogens is 627 g/mol. The van der Waals surface area contributed by atoms with Crippen molar-refractivity contribution >= 4 is 0 Å². The van der Waals surface area contributed by atoms with Gasteiger partial charge in [-0.25, -0.2) is 0 Å². The van der Waals surface area contributed by atoms with Crippen molar-refractivity contribution in [3.05, 3.63) is 0 Å². The summed E-state index contributed by atoms with van der Waals surface area (Å²) in [7, 11) is 0. The van der Waals surface area contributed by atoms with E-state index >= 15 is 0 Å². The van der Waals surface area contributed by atoms with Crippen LogP contribution in [0.15, 0.2) is 0 Å². The van der Waals surface area contributed by atoms with Crippen LogP contribution in [-0.2, 0) is 0 Å². The van der Waals surface area contributed by atoms with Crippen LogP contribution in [0.3, 0.4) is 0 Å². The van der Waals surface area contributed by atoms with E-state index in [0.717, 1.165) is 0 Å². The van der Waals surface area contributed by atoms with Gasteiger partial charge in [-0.3, -0.25) is 0 Å². The summed E-state index contributed by atoms with van der Waals surface area (Å²) >= 11 is 0. The molecule has 0 aromatic rings. The highest BCUT2D eigenvalue weighted by molar-refractivity contribution is 4.62. The Morgan fingerprint density at radius 3 is 0.596 bits per heavy atom. The molecule has 0 N–H and O–H groups in total. The molecule has 0 fully saturated rings. The van der Waals surface area contributed by atoms with E-state index in [2.05, 4.69) is 39.5 Å². The second-order valence-electron chi connectivity index (χ2n) is 18.9. The minimum absolute atomic E-state index is 0.524. The van der Waals surface area contributed by atoms with Gasteiger partial charge in [0.25, 0.3) is 0 Å². The molecule has 0 rings (SSSR count). The largest absolute Gasteiger partial charge is 0.303 e. The zero-order valence-corrected chi connectivity index (χ0v) is 37.8. The van der Waals surface area contributed by atoms with Gasteiger partial charge in [0.05, 0.1) is 0 Å². The number of nitrogens with zero attached hydrogens (tertiary/aromatic N) is 1. The third kappa shape index (κ3) is 46.1. The summed E-state index contributed by atoms with van der Waals surface area (Å²) in [6.45, 7) is 15.9. The fourth-order valence-electron chi connectivity index (χ4n) is 8.33. The third-order valence-corrected chi connectivity index (χ3v) is 12.1. The van der Waals surface area contributed by atoms with Crippen LogP contribution in [-0.4, -0.2) is 24.5 Å². The topological polar surface area (TPSA) is 3.24 Å². The lowest BCUT2D eigenvalue weighted by atomic mass is 9.89. The molecule has 0 atom stereocenters. The van der Waals surface area contributed by atoms with Gasteiger partial charge >= 0.3 is 0 Å². The first-order valence-corrected chi connectivity index (χ1v) is 25.2. The van der Waals surface area contributed by atoms with Gasteiger partial charge in [0.1, 0.15) is 0 Å². The maximum Gasteiger partial charge on any atom is -0.00187 e. The Labute approximate surface area is 333 Å². The lowest BCUT2D eigenvalue weighted by molar-refractivity contribution is 0.254. The SMILES string of the molecule is CCCCCCCCCCCCCCCCN(CCCCCCCCCCCCCCCC)CCCCCCCCCCCCCCCC(C)(C)C. The average molecular weight is 732 g/mol. The molecule has 0 saturated carbocycles. The van der Waals surface area contributed by atoms with E-state index in [1.807, 2.05) is 0 Å². The Hall–Kier alpha value is -0.0400. The van der Waals surface area contributed by atoms with Crippen LogP contribution in [0.4, 0.5) is 0 Å². The summed E-state index contributed by atoms with van der Waals surface area (Å²) < 4.78 is 0. The molecule has 1 nitrogen and oxygen atoms in total. The van der Waals surface area contributed by atoms with Crippen molar-refractivity contribution in [3.63, 3.8) is 0 Å². The van der Waals surface area contributed by atoms with Crippen molar-refractivity contribution in [1.29, 1.82) is 0 Å². The number of unbranched alkanes of at least 4 members (excludes halogenated alkanes) is 38. The van der Waals surface area contributed by atoms with Crippen molar-refractivity contribution in [3.8, 4) is 0 Å². The molecule has 0 aliphatic heterocycles. The van der Waals surface area contributed by atoms with Crippen LogP contribution in [0.2, 0.25) is 0 Å². The molecule has 0 aliphatic rings. The van der Waals surface area contributed by atoms with E-state index in [1.165, 1.54) is 289 Å². The molecule has 0 heterocycles. The number of hydrogen-bond acceptors (Lipinski definition) is 1. The van der Waals surface area contributed by atoms with Crippen LogP contribution in [0.1, 0.15) is 304 Å². The Kier molecular flexibility index (Phi) is 43.7. The van der Waals surface area contributed by atoms with E-state index in [0.29, 0.717) is 5.41 Å². The standard InChI is InChI=1S/C51H105N/c1-6-8-10-12-14-16-18-20-24-28-32-36-40-44-48-52(49-45-41-37-33-29-25-21-19-17-15-13-11-9-7-2)50-46-42-38-34-30-26-22-23-27-31-35-39-43-47-51(3,4)5/h6-50H2,1-5H3. The fourth-order valence-corrected chi connectivity index (χ4v) is 8.33. The third-order valence-electron chi connectivity index (χ3n) is 12.1. The minimum Gasteiger partial charge on any atom is -0.303 e. The van der Waals surface area contributed by atoms with E-state index in [4.69, 9.17) is 0 Å². The lowest BCUT2D eigenvalue weighted by Gasteiger charge is -2.22. The quantitative estimate of drug-likeness (QED) is 0.0564. The predicted octanol–water partition coefficient (Wildman–Crippen LogP) is 18.8. The zero-order chi connectivity index (χ0) is 37.9. The first kappa shape index (κ1) is 52.0. The van der Waals surface area contributed by atoms with Crippen LogP contribution in [0, 0.1) is 5.41 Å². The monoisotopic (exact) mass is 732 g/mol. The maximum atomic E-state index is 2.88. The van der Waals surface area contributed by atoms with E-state index in [1.54, 1.807) is 0 Å². The summed E-state index contributed by atoms with van der Waals surface area (Å²) in [5.74, 6) is 0. The molecule has 314 valence electrons. The van der Waals surface area contributed by atoms with E-state index in [-0.39, 0.29) is 0 Å². The highest BCUT2D eigenvalue weighted by Gasteiger charge is 2.09. The maximum absolute atomic E-state index is 2.88. The molecule has 1 heteroatoms. The molecule has 0 saturated heterocycles. The second-order valence-corrected chi connectivity index (χ2v) is 18.9. The molecule has 0 aromatic heterocycles. The summed E-state index contributed by atoms with van der Waals surface area (Å²) in [5.41, 5.74) is 0.524. The van der Waals surface area contributed by atoms with Crippen LogP contribution in [0.5, 0.6) is 0 Å². The lowest BCUT2D eigenvalue weighted by Crippen LogP contribution is -2.27. The first-order valence-electron chi connectivity index (χ1n) is 25.2. The zero-order valence-electron chi connectivity index (χ0n) is 37.8. The van der Waals surface area contributed by atoms with Crippen LogP contribution < -0.4 is 0 Å². The molecule has 0 aliphatic carbocycles. The average Bonchev–Trinajstić information content (AvgIpc) is 3.12. The molecule has 0 aromatic carbocycles. The Balaban J connectivity index is 3.95. The van der Waals surface area contributed by atoms with Gasteiger partial charge in [0.2, 0.25) is 0 Å². The Bertz CT molecular complexity index is 587. The molecule has 0 unspecified atom stereocenters. The summed E-state index contributed by atoms with van der Waals surface area (Å²) in [4.78, 5) is 2.88. The smallest absolute Gasteiger partial charge is 0.00187 e. The van der Waals surface area contributed by atoms with Crippen molar-refractivity contribution in [2.75, 3.05) is 19.6 Å². The van der Waals surface area contributed by atoms with E-state index < -0.39 is 0 Å². The van der Waals surface area contributed by atoms with Crippen LogP contribution >= 0.6 is 0 Å². The Morgan fingerprint density at radius 1 is 0.231 bits per heavy atom. The summed E-state index contributed by atoms with van der Waals surface area (Å²) in [6.07, 6.45) is 61.5. The van der Waals surface area contributed by atoms with Gasteiger partial charge in [-0.15, -0.1) is 0 Å². The van der Waals surface area contributed by atoms with Crippen molar-refractivity contribution in [1.82, 2.24) is 4.90 Å². The van der Waals surface area contributed by atoms with Crippen molar-refractivity contribution in [2.24, 2.45) is 5.41 Å². The van der Waals surface area contributed by atoms with Gasteiger partial charge in [0.15, 0.2) is 0 Å². The first-order chi connectivity index (χ1) is 25.5. The van der Waals surface area contributed by atoms with Crippen LogP contribution in [0.25, 0.3) is 0 Å². The molecule has 0 radical (unpaired) electrons. The van der Waals surface area contributed by atoms with Gasteiger partial charge in [-0.05, 0) is 50.7 Å². The molecule has 0 amide bonds. The molecule has 0 spiro atoms. The summed E-state index contributed by atoms with van der Waals surface area (Å²) in [5, 5.41) is 0. The summed E-state index contributed by atoms with van der Waals surface area (Å²) in [6, 6.07) is 0. The van der Waals surface area contributed by atoms with Gasteiger partial charge < -0.3 is 4.90 Å². The van der Waals surface area contributed by atoms with Gasteiger partial charge in [0, 0.05) is 0 Å². The Morgan fingerprint density at radius 2 is 0.404 bits per heavy atom.